The van der Waals surface area contributed by atoms with Gasteiger partial charge in [0.15, 0.2) is 0 Å². The molecule has 0 spiro atoms. The van der Waals surface area contributed by atoms with Crippen LogP contribution < -0.4 is 0 Å². The number of hydrogen-bond donors (Lipinski definition) is 0. The Bertz CT molecular complexity index is 1570. The molecule has 0 saturated carbocycles. The first kappa shape index (κ1) is 18.9. The van der Waals surface area contributed by atoms with Crippen LogP contribution in [-0.4, -0.2) is 4.98 Å². The van der Waals surface area contributed by atoms with Crippen molar-refractivity contribution in [2.24, 2.45) is 0 Å². The summed E-state index contributed by atoms with van der Waals surface area (Å²) in [7, 11) is 0. The first-order chi connectivity index (χ1) is 15.8. The molecule has 6 rings (SSSR count). The topological polar surface area (TPSA) is 26.0 Å². The number of aromatic nitrogens is 1. The highest BCUT2D eigenvalue weighted by Gasteiger charge is 2.12. The van der Waals surface area contributed by atoms with Crippen LogP contribution in [0.3, 0.4) is 0 Å². The number of pyridine rings is 1. The molecule has 3 heteroatoms. The number of para-hydroxylation sites is 2. The number of benzene rings is 4. The summed E-state index contributed by atoms with van der Waals surface area (Å²) >= 11 is 6.43. The lowest BCUT2D eigenvalue weighted by Crippen LogP contribution is -1.89. The minimum absolute atomic E-state index is 0.671. The molecule has 4 aromatic carbocycles. The summed E-state index contributed by atoms with van der Waals surface area (Å²) in [6, 6.07) is 36.7. The third-order valence-electron chi connectivity index (χ3n) is 5.76. The maximum absolute atomic E-state index is 6.43. The zero-order chi connectivity index (χ0) is 21.5. The fourth-order valence-electron chi connectivity index (χ4n) is 4.20. The number of halogens is 1. The number of fused-ring (bicyclic) bond motifs is 3. The second kappa shape index (κ2) is 7.67. The standard InChI is InChI=1S/C29H18ClNO/c30-22-17-26(20-7-2-1-3-8-20)31-27(18-22)21-15-13-19(14-16-21)23-10-6-11-25-24-9-4-5-12-28(24)32-29(23)25/h1-18H. The number of furan rings is 1. The quantitative estimate of drug-likeness (QED) is 0.280. The Morgan fingerprint density at radius 1 is 0.562 bits per heavy atom. The maximum Gasteiger partial charge on any atom is 0.143 e. The van der Waals surface area contributed by atoms with Crippen LogP contribution in [0, 0.1) is 0 Å². The van der Waals surface area contributed by atoms with Crippen LogP contribution in [0.15, 0.2) is 114 Å². The van der Waals surface area contributed by atoms with E-state index in [1.807, 2.05) is 60.7 Å². The molecule has 0 radical (unpaired) electrons. The summed E-state index contributed by atoms with van der Waals surface area (Å²) in [6.07, 6.45) is 0. The molecule has 0 atom stereocenters. The van der Waals surface area contributed by atoms with Crippen LogP contribution in [0.1, 0.15) is 0 Å². The Kier molecular flexibility index (Phi) is 4.52. The Morgan fingerprint density at radius 2 is 1.19 bits per heavy atom. The van der Waals surface area contributed by atoms with E-state index in [4.69, 9.17) is 21.0 Å². The molecular weight excluding hydrogens is 414 g/mol. The summed E-state index contributed by atoms with van der Waals surface area (Å²) in [6.45, 7) is 0. The molecule has 0 fully saturated rings. The summed E-state index contributed by atoms with van der Waals surface area (Å²) in [5.41, 5.74) is 7.78. The molecule has 2 aromatic heterocycles. The molecule has 2 heterocycles. The average molecular weight is 432 g/mol. The molecule has 2 nitrogen and oxygen atoms in total. The average Bonchev–Trinajstić information content (AvgIpc) is 3.23. The molecule has 0 unspecified atom stereocenters. The minimum atomic E-state index is 0.671. The van der Waals surface area contributed by atoms with Crippen LogP contribution in [0.2, 0.25) is 5.02 Å². The fourth-order valence-corrected chi connectivity index (χ4v) is 4.40. The lowest BCUT2D eigenvalue weighted by atomic mass is 10.00. The molecule has 32 heavy (non-hydrogen) atoms. The first-order valence-electron chi connectivity index (χ1n) is 10.5. The zero-order valence-corrected chi connectivity index (χ0v) is 17.9. The third kappa shape index (κ3) is 3.26. The second-order valence-electron chi connectivity index (χ2n) is 7.78. The lowest BCUT2D eigenvalue weighted by Gasteiger charge is -2.08. The Hall–Kier alpha value is -3.88. The molecule has 0 aliphatic rings. The van der Waals surface area contributed by atoms with E-state index in [1.54, 1.807) is 0 Å². The van der Waals surface area contributed by atoms with Gasteiger partial charge in [0.25, 0.3) is 0 Å². The number of rotatable bonds is 3. The number of nitrogens with zero attached hydrogens (tertiary/aromatic N) is 1. The normalized spacial score (nSPS) is 11.3. The SMILES string of the molecule is Clc1cc(-c2ccccc2)nc(-c2ccc(-c3cccc4c3oc3ccccc34)cc2)c1. The van der Waals surface area contributed by atoms with Crippen molar-refractivity contribution in [3.05, 3.63) is 114 Å². The zero-order valence-electron chi connectivity index (χ0n) is 17.1. The van der Waals surface area contributed by atoms with Gasteiger partial charge in [-0.05, 0) is 23.8 Å². The third-order valence-corrected chi connectivity index (χ3v) is 5.97. The van der Waals surface area contributed by atoms with E-state index < -0.39 is 0 Å². The van der Waals surface area contributed by atoms with Gasteiger partial charge < -0.3 is 4.42 Å². The first-order valence-corrected chi connectivity index (χ1v) is 10.9. The van der Waals surface area contributed by atoms with Gasteiger partial charge >= 0.3 is 0 Å². The molecule has 0 aliphatic heterocycles. The van der Waals surface area contributed by atoms with Crippen molar-refractivity contribution in [3.63, 3.8) is 0 Å². The van der Waals surface area contributed by atoms with Crippen molar-refractivity contribution >= 4 is 33.5 Å². The lowest BCUT2D eigenvalue weighted by molar-refractivity contribution is 0.670. The predicted octanol–water partition coefficient (Wildman–Crippen LogP) is 8.64. The minimum Gasteiger partial charge on any atom is -0.455 e. The highest BCUT2D eigenvalue weighted by Crippen LogP contribution is 2.36. The summed E-state index contributed by atoms with van der Waals surface area (Å²) < 4.78 is 6.20. The number of hydrogen-bond acceptors (Lipinski definition) is 2. The van der Waals surface area contributed by atoms with Crippen LogP contribution in [0.5, 0.6) is 0 Å². The molecule has 0 aliphatic carbocycles. The molecule has 6 aromatic rings. The molecule has 0 N–H and O–H groups in total. The van der Waals surface area contributed by atoms with Gasteiger partial charge in [-0.15, -0.1) is 0 Å². The van der Waals surface area contributed by atoms with E-state index in [0.717, 1.165) is 55.6 Å². The van der Waals surface area contributed by atoms with Crippen LogP contribution in [0.25, 0.3) is 55.6 Å². The second-order valence-corrected chi connectivity index (χ2v) is 8.22. The molecule has 0 saturated heterocycles. The largest absolute Gasteiger partial charge is 0.455 e. The van der Waals surface area contributed by atoms with Gasteiger partial charge in [-0.25, -0.2) is 4.98 Å². The van der Waals surface area contributed by atoms with E-state index >= 15 is 0 Å². The van der Waals surface area contributed by atoms with E-state index in [2.05, 4.69) is 48.5 Å². The Balaban J connectivity index is 1.42. The monoisotopic (exact) mass is 431 g/mol. The molecular formula is C29H18ClNO. The van der Waals surface area contributed by atoms with E-state index in [9.17, 15) is 0 Å². The van der Waals surface area contributed by atoms with E-state index in [0.29, 0.717) is 5.02 Å². The molecule has 0 amide bonds. The van der Waals surface area contributed by atoms with Crippen molar-refractivity contribution in [1.82, 2.24) is 4.98 Å². The van der Waals surface area contributed by atoms with Crippen molar-refractivity contribution in [3.8, 4) is 33.6 Å². The highest BCUT2D eigenvalue weighted by atomic mass is 35.5. The van der Waals surface area contributed by atoms with Gasteiger partial charge in [-0.2, -0.15) is 0 Å². The van der Waals surface area contributed by atoms with Crippen LogP contribution in [-0.2, 0) is 0 Å². The van der Waals surface area contributed by atoms with Crippen molar-refractivity contribution in [2.45, 2.75) is 0 Å². The fraction of sp³-hybridized carbons (Fsp3) is 0. The molecule has 152 valence electrons. The van der Waals surface area contributed by atoms with Gasteiger partial charge in [0, 0.05) is 32.5 Å². The van der Waals surface area contributed by atoms with Gasteiger partial charge in [0.2, 0.25) is 0 Å². The van der Waals surface area contributed by atoms with Crippen molar-refractivity contribution in [2.75, 3.05) is 0 Å². The maximum atomic E-state index is 6.43. The van der Waals surface area contributed by atoms with Crippen LogP contribution >= 0.6 is 11.6 Å². The van der Waals surface area contributed by atoms with Gasteiger partial charge in [-0.1, -0.05) is 103 Å². The van der Waals surface area contributed by atoms with E-state index in [-0.39, 0.29) is 0 Å². The van der Waals surface area contributed by atoms with Crippen molar-refractivity contribution < 1.29 is 4.42 Å². The van der Waals surface area contributed by atoms with Crippen molar-refractivity contribution in [1.29, 1.82) is 0 Å². The van der Waals surface area contributed by atoms with Crippen LogP contribution in [0.4, 0.5) is 0 Å². The Labute approximate surface area is 190 Å². The summed E-state index contributed by atoms with van der Waals surface area (Å²) in [5, 5.41) is 2.94. The predicted molar refractivity (Wildman–Crippen MR) is 133 cm³/mol. The van der Waals surface area contributed by atoms with Gasteiger partial charge in [0.1, 0.15) is 11.2 Å². The summed E-state index contributed by atoms with van der Waals surface area (Å²) in [4.78, 5) is 4.85. The Morgan fingerprint density at radius 3 is 1.97 bits per heavy atom. The molecule has 0 bridgehead atoms. The van der Waals surface area contributed by atoms with Gasteiger partial charge in [0.05, 0.1) is 11.4 Å². The van der Waals surface area contributed by atoms with E-state index in [1.165, 1.54) is 0 Å². The van der Waals surface area contributed by atoms with Gasteiger partial charge in [-0.3, -0.25) is 0 Å². The summed E-state index contributed by atoms with van der Waals surface area (Å²) in [5.74, 6) is 0. The smallest absolute Gasteiger partial charge is 0.143 e. The highest BCUT2D eigenvalue weighted by molar-refractivity contribution is 6.31.